The van der Waals surface area contributed by atoms with Crippen molar-refractivity contribution in [1.82, 2.24) is 15.1 Å². The molecule has 0 bridgehead atoms. The summed E-state index contributed by atoms with van der Waals surface area (Å²) >= 11 is 0. The van der Waals surface area contributed by atoms with Gasteiger partial charge < -0.3 is 14.8 Å². The van der Waals surface area contributed by atoms with Crippen LogP contribution in [0.15, 0.2) is 18.2 Å². The molecule has 1 saturated carbocycles. The van der Waals surface area contributed by atoms with E-state index in [2.05, 4.69) is 26.1 Å². The SMILES string of the molecule is C[C@@H]1CC(C)(C)C[C@@]2(C1)NC(=O)N(CN(C)Cc1ccc3c(c1)OCCO3)C2=O. The normalized spacial score (nSPS) is 28.2. The van der Waals surface area contributed by atoms with Crippen molar-refractivity contribution in [3.8, 4) is 11.5 Å². The van der Waals surface area contributed by atoms with Crippen molar-refractivity contribution >= 4 is 11.9 Å². The van der Waals surface area contributed by atoms with Crippen LogP contribution in [0.25, 0.3) is 0 Å². The zero-order valence-corrected chi connectivity index (χ0v) is 17.8. The molecule has 1 aliphatic carbocycles. The number of rotatable bonds is 4. The Balaban J connectivity index is 1.44. The maximum Gasteiger partial charge on any atom is 0.326 e. The van der Waals surface area contributed by atoms with Crippen LogP contribution in [0.2, 0.25) is 0 Å². The number of fused-ring (bicyclic) bond motifs is 1. The molecular formula is C22H31N3O4. The fourth-order valence-corrected chi connectivity index (χ4v) is 5.42. The number of nitrogens with one attached hydrogen (secondary N) is 1. The third kappa shape index (κ3) is 3.92. The molecule has 29 heavy (non-hydrogen) atoms. The molecule has 3 amide bonds. The smallest absolute Gasteiger partial charge is 0.326 e. The molecule has 7 heteroatoms. The van der Waals surface area contributed by atoms with Gasteiger partial charge in [0.15, 0.2) is 11.5 Å². The number of nitrogens with zero attached hydrogens (tertiary/aromatic N) is 2. The van der Waals surface area contributed by atoms with Gasteiger partial charge in [-0.15, -0.1) is 0 Å². The fourth-order valence-electron chi connectivity index (χ4n) is 5.42. The quantitative estimate of drug-likeness (QED) is 0.786. The van der Waals surface area contributed by atoms with Crippen molar-refractivity contribution in [3.63, 3.8) is 0 Å². The van der Waals surface area contributed by atoms with E-state index in [0.717, 1.165) is 23.5 Å². The Labute approximate surface area is 172 Å². The Hall–Kier alpha value is -2.28. The van der Waals surface area contributed by atoms with Crippen molar-refractivity contribution < 1.29 is 19.1 Å². The van der Waals surface area contributed by atoms with Gasteiger partial charge in [-0.1, -0.05) is 26.8 Å². The maximum absolute atomic E-state index is 13.3. The van der Waals surface area contributed by atoms with Crippen molar-refractivity contribution in [2.45, 2.75) is 52.1 Å². The minimum absolute atomic E-state index is 0.0354. The monoisotopic (exact) mass is 401 g/mol. The summed E-state index contributed by atoms with van der Waals surface area (Å²) < 4.78 is 11.2. The van der Waals surface area contributed by atoms with E-state index < -0.39 is 5.54 Å². The highest BCUT2D eigenvalue weighted by Gasteiger charge is 2.56. The predicted molar refractivity (Wildman–Crippen MR) is 109 cm³/mol. The molecule has 7 nitrogen and oxygen atoms in total. The molecule has 2 heterocycles. The minimum atomic E-state index is -0.754. The minimum Gasteiger partial charge on any atom is -0.486 e. The lowest BCUT2D eigenvalue weighted by Crippen LogP contribution is -2.54. The van der Waals surface area contributed by atoms with Crippen LogP contribution >= 0.6 is 0 Å². The van der Waals surface area contributed by atoms with Gasteiger partial charge in [0.25, 0.3) is 5.91 Å². The topological polar surface area (TPSA) is 71.1 Å². The van der Waals surface area contributed by atoms with E-state index in [9.17, 15) is 9.59 Å². The number of imide groups is 1. The first kappa shape index (κ1) is 20.0. The Kier molecular flexibility index (Phi) is 4.97. The van der Waals surface area contributed by atoms with E-state index in [1.807, 2.05) is 30.1 Å². The summed E-state index contributed by atoms with van der Waals surface area (Å²) in [6.45, 7) is 8.50. The van der Waals surface area contributed by atoms with Crippen LogP contribution in [0.5, 0.6) is 11.5 Å². The molecule has 1 spiro atoms. The second-order valence-electron chi connectivity index (χ2n) is 9.73. The molecule has 2 atom stereocenters. The summed E-state index contributed by atoms with van der Waals surface area (Å²) in [4.78, 5) is 29.3. The zero-order valence-electron chi connectivity index (χ0n) is 17.8. The average molecular weight is 402 g/mol. The van der Waals surface area contributed by atoms with Crippen LogP contribution in [0, 0.1) is 11.3 Å². The third-order valence-electron chi connectivity index (χ3n) is 6.07. The van der Waals surface area contributed by atoms with Gasteiger partial charge in [0.05, 0.1) is 6.67 Å². The first-order valence-electron chi connectivity index (χ1n) is 10.4. The molecule has 158 valence electrons. The Morgan fingerprint density at radius 3 is 2.62 bits per heavy atom. The number of amides is 3. The molecule has 1 aromatic rings. The summed E-state index contributed by atoms with van der Waals surface area (Å²) in [6.07, 6.45) is 2.47. The largest absolute Gasteiger partial charge is 0.486 e. The van der Waals surface area contributed by atoms with Crippen LogP contribution in [-0.4, -0.2) is 54.2 Å². The Bertz CT molecular complexity index is 824. The first-order valence-corrected chi connectivity index (χ1v) is 10.4. The number of ether oxygens (including phenoxy) is 2. The average Bonchev–Trinajstić information content (AvgIpc) is 2.83. The first-order chi connectivity index (χ1) is 13.7. The van der Waals surface area contributed by atoms with Gasteiger partial charge in [-0.2, -0.15) is 0 Å². The molecule has 2 aliphatic heterocycles. The zero-order chi connectivity index (χ0) is 20.8. The van der Waals surface area contributed by atoms with Gasteiger partial charge in [0, 0.05) is 6.54 Å². The van der Waals surface area contributed by atoms with E-state index in [4.69, 9.17) is 9.47 Å². The van der Waals surface area contributed by atoms with Gasteiger partial charge in [0.1, 0.15) is 18.8 Å². The standard InChI is InChI=1S/C22H31N3O4/c1-15-10-21(2,3)13-22(11-15)19(26)25(20(27)23-22)14-24(4)12-16-5-6-17-18(9-16)29-8-7-28-17/h5-6,9,15H,7-8,10-14H2,1-4H3,(H,23,27)/t15-,22-/m1/s1. The number of benzene rings is 1. The van der Waals surface area contributed by atoms with Gasteiger partial charge in [-0.05, 0) is 55.3 Å². The lowest BCUT2D eigenvalue weighted by molar-refractivity contribution is -0.136. The van der Waals surface area contributed by atoms with E-state index >= 15 is 0 Å². The molecule has 4 rings (SSSR count). The van der Waals surface area contributed by atoms with Crippen molar-refractivity contribution in [1.29, 1.82) is 0 Å². The summed E-state index contributed by atoms with van der Waals surface area (Å²) in [6, 6.07) is 5.58. The lowest BCUT2D eigenvalue weighted by atomic mass is 9.64. The van der Waals surface area contributed by atoms with Crippen LogP contribution in [0.4, 0.5) is 4.79 Å². The number of hydrogen-bond donors (Lipinski definition) is 1. The fraction of sp³-hybridized carbons (Fsp3) is 0.636. The maximum atomic E-state index is 13.3. The summed E-state index contributed by atoms with van der Waals surface area (Å²) in [5.74, 6) is 1.82. The van der Waals surface area contributed by atoms with Gasteiger partial charge in [-0.25, -0.2) is 9.69 Å². The van der Waals surface area contributed by atoms with E-state index in [1.54, 1.807) is 0 Å². The number of carbonyl (C=O) groups excluding carboxylic acids is 2. The van der Waals surface area contributed by atoms with Gasteiger partial charge >= 0.3 is 6.03 Å². The lowest BCUT2D eigenvalue weighted by Gasteiger charge is -2.43. The van der Waals surface area contributed by atoms with E-state index in [-0.39, 0.29) is 24.0 Å². The molecule has 0 aromatic heterocycles. The van der Waals surface area contributed by atoms with Crippen LogP contribution in [0.3, 0.4) is 0 Å². The molecule has 0 radical (unpaired) electrons. The highest BCUT2D eigenvalue weighted by Crippen LogP contribution is 2.46. The molecule has 1 aromatic carbocycles. The van der Waals surface area contributed by atoms with E-state index in [0.29, 0.717) is 38.5 Å². The highest BCUT2D eigenvalue weighted by molar-refractivity contribution is 6.07. The number of urea groups is 1. The second kappa shape index (κ2) is 7.20. The molecule has 3 aliphatic rings. The van der Waals surface area contributed by atoms with Gasteiger partial charge in [-0.3, -0.25) is 9.69 Å². The summed E-state index contributed by atoms with van der Waals surface area (Å²) in [7, 11) is 1.91. The molecule has 2 fully saturated rings. The van der Waals surface area contributed by atoms with Crippen LogP contribution in [-0.2, 0) is 11.3 Å². The van der Waals surface area contributed by atoms with Crippen LogP contribution in [0.1, 0.15) is 45.6 Å². The molecule has 1 saturated heterocycles. The summed E-state index contributed by atoms with van der Waals surface area (Å²) in [5.41, 5.74) is 0.329. The van der Waals surface area contributed by atoms with E-state index in [1.165, 1.54) is 4.90 Å². The third-order valence-corrected chi connectivity index (χ3v) is 6.07. The van der Waals surface area contributed by atoms with Crippen molar-refractivity contribution in [3.05, 3.63) is 23.8 Å². The Morgan fingerprint density at radius 2 is 1.90 bits per heavy atom. The molecular weight excluding hydrogens is 370 g/mol. The number of hydrogen-bond acceptors (Lipinski definition) is 5. The second-order valence-corrected chi connectivity index (χ2v) is 9.73. The van der Waals surface area contributed by atoms with Crippen molar-refractivity contribution in [2.24, 2.45) is 11.3 Å². The summed E-state index contributed by atoms with van der Waals surface area (Å²) in [5, 5.41) is 3.04. The molecule has 0 unspecified atom stereocenters. The van der Waals surface area contributed by atoms with Crippen LogP contribution < -0.4 is 14.8 Å². The van der Waals surface area contributed by atoms with Crippen molar-refractivity contribution in [2.75, 3.05) is 26.9 Å². The van der Waals surface area contributed by atoms with Gasteiger partial charge in [0.2, 0.25) is 0 Å². The Morgan fingerprint density at radius 1 is 1.17 bits per heavy atom. The predicted octanol–water partition coefficient (Wildman–Crippen LogP) is 2.98. The molecule has 1 N–H and O–H groups in total. The number of carbonyl (C=O) groups is 2. The highest BCUT2D eigenvalue weighted by atomic mass is 16.6.